The molecule has 12 heteroatoms. The molecule has 0 aliphatic carbocycles. The summed E-state index contributed by atoms with van der Waals surface area (Å²) in [5, 5.41) is 3.42. The highest BCUT2D eigenvalue weighted by molar-refractivity contribution is 7.32. The normalized spacial score (nSPS) is 13.8. The highest BCUT2D eigenvalue weighted by Crippen LogP contribution is 2.47. The maximum Gasteiger partial charge on any atom is 0.387 e. The maximum absolute atomic E-state index is 6.88. The Morgan fingerprint density at radius 3 is 0.787 bits per heavy atom. The molecule has 0 aliphatic heterocycles. The standard InChI is InChI=1S/C49H66O10P2/c1-28(54-60-56-42-34(20-30(50-15)24-38(42)46(3,4)5)35-21-31(51-16)25-39(43(35)57-60)47(6,7)8)19-29(2)55-61-58-44-36(22-32(52-17)26-40(44)48(9,10)11)37-23-33(53-18)27-41(45(37)59-61)49(12,13)14/h20-29H,19H2,1-18H3. The van der Waals surface area contributed by atoms with Gasteiger partial charge in [-0.2, -0.15) is 0 Å². The maximum atomic E-state index is 6.88. The van der Waals surface area contributed by atoms with E-state index in [0.717, 1.165) is 66.8 Å². The average molecular weight is 877 g/mol. The summed E-state index contributed by atoms with van der Waals surface area (Å²) in [7, 11) is 2.82. The number of ether oxygens (including phenoxy) is 4. The molecule has 2 heterocycles. The van der Waals surface area contributed by atoms with Gasteiger partial charge in [0.05, 0.1) is 40.6 Å². The molecule has 0 saturated heterocycles. The zero-order chi connectivity index (χ0) is 45.0. The Labute approximate surface area is 363 Å². The van der Waals surface area contributed by atoms with Crippen LogP contribution in [0, 0.1) is 0 Å². The van der Waals surface area contributed by atoms with Crippen LogP contribution in [0.25, 0.3) is 43.9 Å². The highest BCUT2D eigenvalue weighted by Gasteiger charge is 2.29. The molecule has 0 spiro atoms. The van der Waals surface area contributed by atoms with Gasteiger partial charge in [0.15, 0.2) is 0 Å². The minimum absolute atomic E-state index is 0.294. The van der Waals surface area contributed by atoms with Crippen molar-refractivity contribution >= 4 is 60.4 Å². The minimum Gasteiger partial charge on any atom is -0.497 e. The Morgan fingerprint density at radius 1 is 0.393 bits per heavy atom. The van der Waals surface area contributed by atoms with Crippen LogP contribution in [0.5, 0.6) is 23.0 Å². The second-order valence-corrected chi connectivity index (χ2v) is 22.1. The molecule has 0 fully saturated rings. The second-order valence-electron chi connectivity index (χ2n) is 20.1. The minimum atomic E-state index is -1.95. The van der Waals surface area contributed by atoms with Crippen LogP contribution in [-0.4, -0.2) is 40.6 Å². The van der Waals surface area contributed by atoms with E-state index in [2.05, 4.69) is 83.1 Å². The topological polar surface area (TPSA) is 108 Å². The van der Waals surface area contributed by atoms with E-state index in [1.54, 1.807) is 28.4 Å². The molecule has 2 aromatic heterocycles. The van der Waals surface area contributed by atoms with Crippen LogP contribution < -0.4 is 28.0 Å². The molecule has 0 aliphatic rings. The summed E-state index contributed by atoms with van der Waals surface area (Å²) in [6.07, 6.45) is -0.225. The van der Waals surface area contributed by atoms with Crippen molar-refractivity contribution < 1.29 is 44.8 Å². The van der Waals surface area contributed by atoms with Crippen molar-refractivity contribution in [2.24, 2.45) is 0 Å². The van der Waals surface area contributed by atoms with Gasteiger partial charge < -0.3 is 35.7 Å². The summed E-state index contributed by atoms with van der Waals surface area (Å²) in [6, 6.07) is 16.2. The summed E-state index contributed by atoms with van der Waals surface area (Å²) in [5.41, 5.74) is 5.51. The van der Waals surface area contributed by atoms with E-state index in [0.29, 0.717) is 28.8 Å². The van der Waals surface area contributed by atoms with Gasteiger partial charge in [0.1, 0.15) is 45.3 Å². The van der Waals surface area contributed by atoms with Crippen LogP contribution in [0.1, 0.15) is 126 Å². The molecule has 2 unspecified atom stereocenters. The van der Waals surface area contributed by atoms with E-state index in [-0.39, 0.29) is 33.9 Å². The molecule has 0 amide bonds. The number of benzene rings is 4. The fourth-order valence-electron chi connectivity index (χ4n) is 7.57. The van der Waals surface area contributed by atoms with Crippen LogP contribution in [0.4, 0.5) is 0 Å². The quantitative estimate of drug-likeness (QED) is 0.132. The lowest BCUT2D eigenvalue weighted by atomic mass is 9.84. The molecule has 332 valence electrons. The smallest absolute Gasteiger partial charge is 0.387 e. The van der Waals surface area contributed by atoms with Gasteiger partial charge in [-0.3, -0.25) is 9.05 Å². The Balaban J connectivity index is 1.49. The van der Waals surface area contributed by atoms with Crippen LogP contribution in [0.2, 0.25) is 0 Å². The fraction of sp³-hybridized carbons (Fsp3) is 0.510. The lowest BCUT2D eigenvalue weighted by Gasteiger charge is -2.21. The van der Waals surface area contributed by atoms with Gasteiger partial charge in [0, 0.05) is 50.2 Å². The summed E-state index contributed by atoms with van der Waals surface area (Å²) >= 11 is 0. The van der Waals surface area contributed by atoms with Gasteiger partial charge in [0.25, 0.3) is 0 Å². The molecule has 61 heavy (non-hydrogen) atoms. The third-order valence-electron chi connectivity index (χ3n) is 10.9. The van der Waals surface area contributed by atoms with Gasteiger partial charge in [-0.25, -0.2) is 0 Å². The Morgan fingerprint density at radius 2 is 0.607 bits per heavy atom. The summed E-state index contributed by atoms with van der Waals surface area (Å²) in [4.78, 5) is 0. The predicted octanol–water partition coefficient (Wildman–Crippen LogP) is 14.8. The number of rotatable bonds is 10. The third-order valence-corrected chi connectivity index (χ3v) is 13.3. The lowest BCUT2D eigenvalue weighted by molar-refractivity contribution is 0.184. The van der Waals surface area contributed by atoms with E-state index >= 15 is 0 Å². The average Bonchev–Trinajstić information content (AvgIpc) is 3.41. The largest absolute Gasteiger partial charge is 0.497 e. The molecule has 6 rings (SSSR count). The van der Waals surface area contributed by atoms with Crippen LogP contribution in [0.3, 0.4) is 0 Å². The lowest BCUT2D eigenvalue weighted by Crippen LogP contribution is -2.21. The molecule has 0 radical (unpaired) electrons. The van der Waals surface area contributed by atoms with Gasteiger partial charge in [0.2, 0.25) is 0 Å². The Bertz CT molecular complexity index is 2300. The van der Waals surface area contributed by atoms with E-state index in [9.17, 15) is 0 Å². The first-order valence-electron chi connectivity index (χ1n) is 20.9. The first-order chi connectivity index (χ1) is 28.4. The van der Waals surface area contributed by atoms with Crippen LogP contribution in [0.15, 0.2) is 65.3 Å². The molecule has 6 aromatic rings. The third kappa shape index (κ3) is 9.89. The molecular formula is C49H66O10P2. The van der Waals surface area contributed by atoms with E-state index < -0.39 is 16.5 Å². The van der Waals surface area contributed by atoms with Gasteiger partial charge >= 0.3 is 16.5 Å². The molecular weight excluding hydrogens is 810 g/mol. The zero-order valence-electron chi connectivity index (χ0n) is 39.5. The van der Waals surface area contributed by atoms with Crippen molar-refractivity contribution in [3.63, 3.8) is 0 Å². The summed E-state index contributed by atoms with van der Waals surface area (Å²) in [5.74, 6) is 2.90. The van der Waals surface area contributed by atoms with Crippen molar-refractivity contribution in [2.75, 3.05) is 28.4 Å². The number of fused-ring (bicyclic) bond motifs is 6. The molecule has 0 saturated carbocycles. The van der Waals surface area contributed by atoms with Crippen molar-refractivity contribution in [1.29, 1.82) is 0 Å². The van der Waals surface area contributed by atoms with Crippen molar-refractivity contribution in [1.82, 2.24) is 0 Å². The van der Waals surface area contributed by atoms with Crippen molar-refractivity contribution in [3.8, 4) is 23.0 Å². The monoisotopic (exact) mass is 876 g/mol. The van der Waals surface area contributed by atoms with Crippen LogP contribution in [-0.2, 0) is 21.7 Å². The predicted molar refractivity (Wildman–Crippen MR) is 250 cm³/mol. The summed E-state index contributed by atoms with van der Waals surface area (Å²) in [6.45, 7) is 29.9. The molecule has 0 bridgehead atoms. The summed E-state index contributed by atoms with van der Waals surface area (Å²) < 4.78 is 64.4. The first kappa shape index (κ1) is 46.3. The van der Waals surface area contributed by atoms with E-state index in [1.807, 2.05) is 62.4 Å². The molecule has 0 N–H and O–H groups in total. The number of hydrogen-bond donors (Lipinski definition) is 0. The first-order valence-corrected chi connectivity index (χ1v) is 23.1. The van der Waals surface area contributed by atoms with Gasteiger partial charge in [-0.05, 0) is 84.0 Å². The number of methoxy groups -OCH3 is 4. The van der Waals surface area contributed by atoms with E-state index in [4.69, 9.17) is 44.8 Å². The Kier molecular flexibility index (Phi) is 13.0. The molecule has 4 aromatic carbocycles. The van der Waals surface area contributed by atoms with Crippen molar-refractivity contribution in [3.05, 3.63) is 70.8 Å². The highest BCUT2D eigenvalue weighted by atomic mass is 31.1. The SMILES string of the molecule is COc1cc(C(C)(C)C)c2op(OC(C)CC(C)Op3oc4c(C(C)(C)C)cc(OC)cc4c4cc(OC)cc(C(C)(C)C)c4o3)oc3c(C(C)(C)C)cc(OC)cc3c2c1. The fourth-order valence-corrected chi connectivity index (χ4v) is 9.96. The van der Waals surface area contributed by atoms with Gasteiger partial charge in [-0.1, -0.05) is 83.1 Å². The van der Waals surface area contributed by atoms with Gasteiger partial charge in [-0.15, -0.1) is 0 Å². The Hall–Kier alpha value is -4.20. The van der Waals surface area contributed by atoms with Crippen molar-refractivity contribution in [2.45, 2.75) is 137 Å². The molecule has 10 nitrogen and oxygen atoms in total. The number of hydrogen-bond acceptors (Lipinski definition) is 10. The second kappa shape index (κ2) is 17.2. The zero-order valence-corrected chi connectivity index (χ0v) is 41.2. The van der Waals surface area contributed by atoms with E-state index in [1.165, 1.54) is 0 Å². The van der Waals surface area contributed by atoms with Crippen LogP contribution >= 0.6 is 16.5 Å². The molecule has 2 atom stereocenters.